The van der Waals surface area contributed by atoms with E-state index in [0.29, 0.717) is 19.4 Å². The van der Waals surface area contributed by atoms with Gasteiger partial charge in [-0.3, -0.25) is 9.59 Å². The third-order valence-electron chi connectivity index (χ3n) is 13.8. The molecule has 6 heteroatoms. The molecule has 0 radical (unpaired) electrons. The fourth-order valence-electron chi connectivity index (χ4n) is 9.12. The van der Waals surface area contributed by atoms with Gasteiger partial charge in [0.1, 0.15) is 0 Å². The molecule has 0 saturated heterocycles. The van der Waals surface area contributed by atoms with Gasteiger partial charge in [-0.2, -0.15) is 0 Å². The lowest BCUT2D eigenvalue weighted by molar-refractivity contribution is -0.143. The van der Waals surface area contributed by atoms with E-state index >= 15 is 0 Å². The highest BCUT2D eigenvalue weighted by atomic mass is 16.5. The van der Waals surface area contributed by atoms with Crippen LogP contribution in [0.4, 0.5) is 0 Å². The van der Waals surface area contributed by atoms with Crippen LogP contribution >= 0.6 is 0 Å². The molecular weight excluding hydrogens is 851 g/mol. The minimum atomic E-state index is -0.849. The molecule has 0 spiro atoms. The Morgan fingerprint density at radius 3 is 1.16 bits per heavy atom. The second-order valence-electron chi connectivity index (χ2n) is 20.7. The van der Waals surface area contributed by atoms with Crippen molar-refractivity contribution in [2.45, 2.75) is 328 Å². The molecule has 0 bridgehead atoms. The van der Waals surface area contributed by atoms with Gasteiger partial charge in [-0.05, 0) is 83.5 Å². The van der Waals surface area contributed by atoms with Crippen LogP contribution in [-0.4, -0.2) is 47.4 Å². The van der Waals surface area contributed by atoms with Crippen LogP contribution in [0.2, 0.25) is 0 Å². The van der Waals surface area contributed by atoms with Crippen molar-refractivity contribution in [2.75, 3.05) is 13.2 Å². The lowest BCUT2D eigenvalue weighted by atomic mass is 10.0. The molecule has 0 aliphatic heterocycles. The van der Waals surface area contributed by atoms with E-state index in [1.807, 2.05) is 6.08 Å². The molecule has 0 aromatic carbocycles. The molecule has 0 aromatic heterocycles. The maximum atomic E-state index is 12.5. The number of hydrogen-bond acceptors (Lipinski definition) is 5. The molecule has 404 valence electrons. The third-order valence-corrected chi connectivity index (χ3v) is 13.8. The smallest absolute Gasteiger partial charge is 0.305 e. The maximum absolute atomic E-state index is 12.5. The fourth-order valence-corrected chi connectivity index (χ4v) is 9.12. The molecule has 3 N–H and O–H groups in total. The number of carbonyl (C=O) groups is 2. The van der Waals surface area contributed by atoms with Crippen molar-refractivity contribution < 1.29 is 24.5 Å². The van der Waals surface area contributed by atoms with Crippen molar-refractivity contribution >= 4 is 11.9 Å². The van der Waals surface area contributed by atoms with E-state index < -0.39 is 12.1 Å². The number of hydrogen-bond donors (Lipinski definition) is 3. The van der Waals surface area contributed by atoms with Crippen LogP contribution in [0.5, 0.6) is 0 Å². The molecule has 2 atom stereocenters. The standard InChI is InChI=1S/C63H117NO5/c1-3-5-7-9-11-13-15-17-28-31-35-39-43-47-51-55-61(66)60(59-65)64-62(67)56-52-48-44-40-36-32-29-26-24-22-20-19-21-23-25-27-30-34-38-42-46-50-54-58-69-63(68)57-53-49-45-41-37-33-18-16-14-12-10-8-6-4-2/h10,12,16,18,22,24,51,55,60-61,65-66H,3-9,11,13-15,17,19-21,23,25-50,52-54,56-59H2,1-2H3,(H,64,67)/b12-10-,18-16-,24-22-,55-51+. The van der Waals surface area contributed by atoms with Gasteiger partial charge in [0.25, 0.3) is 0 Å². The number of ether oxygens (including phenoxy) is 1. The van der Waals surface area contributed by atoms with Gasteiger partial charge in [-0.1, -0.05) is 268 Å². The number of esters is 1. The van der Waals surface area contributed by atoms with Gasteiger partial charge in [0, 0.05) is 12.8 Å². The summed E-state index contributed by atoms with van der Waals surface area (Å²) < 4.78 is 5.47. The Morgan fingerprint density at radius 2 is 0.739 bits per heavy atom. The van der Waals surface area contributed by atoms with Crippen LogP contribution in [0.1, 0.15) is 316 Å². The molecule has 2 unspecified atom stereocenters. The Hall–Kier alpha value is -2.18. The number of rotatable bonds is 56. The Bertz CT molecular complexity index is 1160. The van der Waals surface area contributed by atoms with E-state index in [2.05, 4.69) is 55.6 Å². The molecule has 1 amide bonds. The van der Waals surface area contributed by atoms with Gasteiger partial charge >= 0.3 is 5.97 Å². The van der Waals surface area contributed by atoms with Gasteiger partial charge in [0.2, 0.25) is 5.91 Å². The third kappa shape index (κ3) is 55.0. The van der Waals surface area contributed by atoms with E-state index in [-0.39, 0.29) is 18.5 Å². The van der Waals surface area contributed by atoms with E-state index in [1.54, 1.807) is 6.08 Å². The molecule has 0 heterocycles. The van der Waals surface area contributed by atoms with Gasteiger partial charge in [0.15, 0.2) is 0 Å². The first-order chi connectivity index (χ1) is 34.0. The SMILES string of the molecule is CCCC/C=C\C/C=C\CCCCCCCC(=O)OCCCCCCCCCCCCCC/C=C\CCCCCCCCCC(=O)NC(CO)C(O)/C=C/CCCCCCCCCCCCCCC. The largest absolute Gasteiger partial charge is 0.466 e. The minimum Gasteiger partial charge on any atom is -0.466 e. The van der Waals surface area contributed by atoms with E-state index in [1.165, 1.54) is 231 Å². The first kappa shape index (κ1) is 66.8. The molecule has 0 rings (SSSR count). The summed E-state index contributed by atoms with van der Waals surface area (Å²) in [6.45, 7) is 4.86. The van der Waals surface area contributed by atoms with Crippen LogP contribution in [0.3, 0.4) is 0 Å². The quantitative estimate of drug-likeness (QED) is 0.0321. The second kappa shape index (κ2) is 58.4. The van der Waals surface area contributed by atoms with Crippen molar-refractivity contribution in [1.29, 1.82) is 0 Å². The van der Waals surface area contributed by atoms with Crippen LogP contribution < -0.4 is 5.32 Å². The summed E-state index contributed by atoms with van der Waals surface area (Å²) in [6, 6.07) is -0.633. The number of carbonyl (C=O) groups excluding carboxylic acids is 2. The lowest BCUT2D eigenvalue weighted by Gasteiger charge is -2.20. The molecular formula is C63H117NO5. The normalized spacial score (nSPS) is 12.9. The van der Waals surface area contributed by atoms with E-state index in [4.69, 9.17) is 4.74 Å². The molecule has 0 fully saturated rings. The molecule has 6 nitrogen and oxygen atoms in total. The van der Waals surface area contributed by atoms with Crippen molar-refractivity contribution in [3.63, 3.8) is 0 Å². The van der Waals surface area contributed by atoms with E-state index in [9.17, 15) is 19.8 Å². The fraction of sp³-hybridized carbons (Fsp3) is 0.841. The monoisotopic (exact) mass is 968 g/mol. The number of amides is 1. The van der Waals surface area contributed by atoms with Crippen molar-refractivity contribution in [2.24, 2.45) is 0 Å². The molecule has 69 heavy (non-hydrogen) atoms. The summed E-state index contributed by atoms with van der Waals surface area (Å²) in [5, 5.41) is 23.1. The summed E-state index contributed by atoms with van der Waals surface area (Å²) in [6.07, 6.45) is 74.3. The van der Waals surface area contributed by atoms with Crippen LogP contribution in [0.25, 0.3) is 0 Å². The summed E-state index contributed by atoms with van der Waals surface area (Å²) >= 11 is 0. The Labute approximate surface area is 429 Å². The highest BCUT2D eigenvalue weighted by Gasteiger charge is 2.18. The average molecular weight is 969 g/mol. The highest BCUT2D eigenvalue weighted by Crippen LogP contribution is 2.16. The van der Waals surface area contributed by atoms with Crippen LogP contribution in [0.15, 0.2) is 48.6 Å². The predicted molar refractivity (Wildman–Crippen MR) is 301 cm³/mol. The van der Waals surface area contributed by atoms with Crippen LogP contribution in [-0.2, 0) is 14.3 Å². The predicted octanol–water partition coefficient (Wildman–Crippen LogP) is 19.0. The van der Waals surface area contributed by atoms with E-state index in [0.717, 1.165) is 57.8 Å². The molecule has 0 aliphatic carbocycles. The van der Waals surface area contributed by atoms with Crippen molar-refractivity contribution in [3.05, 3.63) is 48.6 Å². The highest BCUT2D eigenvalue weighted by molar-refractivity contribution is 5.76. The first-order valence-corrected chi connectivity index (χ1v) is 30.4. The average Bonchev–Trinajstić information content (AvgIpc) is 3.35. The zero-order valence-electron chi connectivity index (χ0n) is 46.0. The zero-order chi connectivity index (χ0) is 50.0. The molecule has 0 aromatic rings. The summed E-state index contributed by atoms with van der Waals surface area (Å²) in [7, 11) is 0. The Balaban J connectivity index is 3.44. The lowest BCUT2D eigenvalue weighted by Crippen LogP contribution is -2.45. The number of allylic oxidation sites excluding steroid dienone is 7. The van der Waals surface area contributed by atoms with Gasteiger partial charge in [0.05, 0.1) is 25.4 Å². The Morgan fingerprint density at radius 1 is 0.406 bits per heavy atom. The van der Waals surface area contributed by atoms with Crippen molar-refractivity contribution in [1.82, 2.24) is 5.32 Å². The first-order valence-electron chi connectivity index (χ1n) is 30.4. The summed E-state index contributed by atoms with van der Waals surface area (Å²) in [5.41, 5.74) is 0. The number of nitrogens with one attached hydrogen (secondary N) is 1. The molecule has 0 aliphatic rings. The number of unbranched alkanes of at least 4 members (excludes halogenated alkanes) is 39. The number of aliphatic hydroxyl groups excluding tert-OH is 2. The Kier molecular flexibility index (Phi) is 56.5. The number of aliphatic hydroxyl groups is 2. The summed E-state index contributed by atoms with van der Waals surface area (Å²) in [5.74, 6) is -0.0782. The minimum absolute atomic E-state index is 0.00409. The van der Waals surface area contributed by atoms with Crippen molar-refractivity contribution in [3.8, 4) is 0 Å². The summed E-state index contributed by atoms with van der Waals surface area (Å²) in [4.78, 5) is 24.5. The van der Waals surface area contributed by atoms with Gasteiger partial charge < -0.3 is 20.3 Å². The second-order valence-corrected chi connectivity index (χ2v) is 20.7. The maximum Gasteiger partial charge on any atom is 0.305 e. The van der Waals surface area contributed by atoms with Crippen LogP contribution in [0, 0.1) is 0 Å². The van der Waals surface area contributed by atoms with Gasteiger partial charge in [-0.15, -0.1) is 0 Å². The topological polar surface area (TPSA) is 95.9 Å². The molecule has 0 saturated carbocycles. The van der Waals surface area contributed by atoms with Gasteiger partial charge in [-0.25, -0.2) is 0 Å². The zero-order valence-corrected chi connectivity index (χ0v) is 46.0.